The Balaban J connectivity index is 2.42. The molecular weight excluding hydrogens is 236 g/mol. The van der Waals surface area contributed by atoms with Gasteiger partial charge in [0.2, 0.25) is 0 Å². The Morgan fingerprint density at radius 1 is 1.21 bits per heavy atom. The molecule has 1 fully saturated rings. The molecule has 2 rings (SSSR count). The minimum atomic E-state index is 0.513. The van der Waals surface area contributed by atoms with Gasteiger partial charge in [-0.05, 0) is 31.2 Å². The summed E-state index contributed by atoms with van der Waals surface area (Å²) >= 11 is 0. The highest BCUT2D eigenvalue weighted by molar-refractivity contribution is 5.58. The number of aryl methyl sites for hydroxylation is 1. The van der Waals surface area contributed by atoms with E-state index in [0.29, 0.717) is 6.04 Å². The number of aromatic nitrogens is 2. The van der Waals surface area contributed by atoms with Crippen molar-refractivity contribution in [2.24, 2.45) is 0 Å². The van der Waals surface area contributed by atoms with E-state index in [2.05, 4.69) is 35.0 Å². The third-order valence-corrected chi connectivity index (χ3v) is 4.15. The van der Waals surface area contributed by atoms with Gasteiger partial charge in [-0.25, -0.2) is 0 Å². The predicted molar refractivity (Wildman–Crippen MR) is 76.2 cm³/mol. The number of anilines is 1. The van der Waals surface area contributed by atoms with Crippen LogP contribution >= 0.6 is 0 Å². The lowest BCUT2D eigenvalue weighted by Crippen LogP contribution is -2.31. The number of hydrogen-bond acceptors (Lipinski definition) is 4. The predicted octanol–water partition coefficient (Wildman–Crippen LogP) is 2.85. The van der Waals surface area contributed by atoms with Crippen LogP contribution in [0.5, 0.6) is 0 Å². The van der Waals surface area contributed by atoms with Gasteiger partial charge in [-0.3, -0.25) is 0 Å². The largest absolute Gasteiger partial charge is 0.354 e. The van der Waals surface area contributed by atoms with Gasteiger partial charge in [0, 0.05) is 13.1 Å². The normalized spacial score (nSPS) is 15.5. The standard InChI is InChI=1S/C15H22N4/c1-4-12-13(10-16)15(18-17-14(12)5-2)19(3)11-8-6-7-9-11/h11H,4-9H2,1-3H3. The van der Waals surface area contributed by atoms with Gasteiger partial charge >= 0.3 is 0 Å². The molecule has 4 nitrogen and oxygen atoms in total. The van der Waals surface area contributed by atoms with E-state index >= 15 is 0 Å². The van der Waals surface area contributed by atoms with Crippen LogP contribution in [-0.2, 0) is 12.8 Å². The van der Waals surface area contributed by atoms with E-state index in [1.165, 1.54) is 25.7 Å². The van der Waals surface area contributed by atoms with E-state index in [0.717, 1.165) is 35.5 Å². The smallest absolute Gasteiger partial charge is 0.169 e. The van der Waals surface area contributed by atoms with Gasteiger partial charge in [0.1, 0.15) is 11.6 Å². The molecular formula is C15H22N4. The zero-order chi connectivity index (χ0) is 13.8. The van der Waals surface area contributed by atoms with Crippen molar-refractivity contribution in [3.8, 4) is 6.07 Å². The molecule has 0 amide bonds. The number of nitriles is 1. The first-order chi connectivity index (χ1) is 9.22. The molecule has 0 aliphatic heterocycles. The van der Waals surface area contributed by atoms with Gasteiger partial charge < -0.3 is 4.90 Å². The maximum atomic E-state index is 9.50. The van der Waals surface area contributed by atoms with E-state index in [-0.39, 0.29) is 0 Å². The summed E-state index contributed by atoms with van der Waals surface area (Å²) in [4.78, 5) is 2.16. The molecule has 0 radical (unpaired) electrons. The fourth-order valence-electron chi connectivity index (χ4n) is 2.99. The average Bonchev–Trinajstić information content (AvgIpc) is 2.98. The lowest BCUT2D eigenvalue weighted by atomic mass is 10.0. The molecule has 1 aliphatic carbocycles. The van der Waals surface area contributed by atoms with E-state index in [1.54, 1.807) is 0 Å². The van der Waals surface area contributed by atoms with Crippen molar-refractivity contribution in [2.45, 2.75) is 58.4 Å². The third kappa shape index (κ3) is 2.56. The SMILES string of the molecule is CCc1nnc(N(C)C2CCCC2)c(C#N)c1CC. The summed E-state index contributed by atoms with van der Waals surface area (Å²) in [7, 11) is 2.05. The van der Waals surface area contributed by atoms with Crippen LogP contribution in [0.1, 0.15) is 56.4 Å². The van der Waals surface area contributed by atoms with Crippen molar-refractivity contribution in [1.29, 1.82) is 5.26 Å². The Kier molecular flexibility index (Phi) is 4.36. The summed E-state index contributed by atoms with van der Waals surface area (Å²) in [6.07, 6.45) is 6.61. The van der Waals surface area contributed by atoms with E-state index in [4.69, 9.17) is 0 Å². The topological polar surface area (TPSA) is 52.8 Å². The number of nitrogens with zero attached hydrogens (tertiary/aromatic N) is 4. The zero-order valence-corrected chi connectivity index (χ0v) is 12.1. The van der Waals surface area contributed by atoms with Crippen molar-refractivity contribution >= 4 is 5.82 Å². The van der Waals surface area contributed by atoms with Crippen LogP contribution < -0.4 is 4.90 Å². The van der Waals surface area contributed by atoms with Crippen LogP contribution in [0.3, 0.4) is 0 Å². The van der Waals surface area contributed by atoms with Gasteiger partial charge in [-0.15, -0.1) is 5.10 Å². The van der Waals surface area contributed by atoms with Crippen LogP contribution in [0.2, 0.25) is 0 Å². The summed E-state index contributed by atoms with van der Waals surface area (Å²) in [6, 6.07) is 2.86. The maximum absolute atomic E-state index is 9.50. The fourth-order valence-corrected chi connectivity index (χ4v) is 2.99. The molecule has 0 atom stereocenters. The second-order valence-corrected chi connectivity index (χ2v) is 5.19. The summed E-state index contributed by atoms with van der Waals surface area (Å²) in [5, 5.41) is 18.2. The van der Waals surface area contributed by atoms with Crippen molar-refractivity contribution in [2.75, 3.05) is 11.9 Å². The third-order valence-electron chi connectivity index (χ3n) is 4.15. The van der Waals surface area contributed by atoms with E-state index in [9.17, 15) is 5.26 Å². The van der Waals surface area contributed by atoms with Gasteiger partial charge in [-0.2, -0.15) is 10.4 Å². The molecule has 0 unspecified atom stereocenters. The summed E-state index contributed by atoms with van der Waals surface area (Å²) in [5.41, 5.74) is 2.76. The summed E-state index contributed by atoms with van der Waals surface area (Å²) in [6.45, 7) is 4.14. The molecule has 1 heterocycles. The molecule has 4 heteroatoms. The molecule has 1 aromatic rings. The van der Waals surface area contributed by atoms with Crippen molar-refractivity contribution in [3.05, 3.63) is 16.8 Å². The highest BCUT2D eigenvalue weighted by Crippen LogP contribution is 2.29. The second-order valence-electron chi connectivity index (χ2n) is 5.19. The minimum Gasteiger partial charge on any atom is -0.354 e. The first-order valence-corrected chi connectivity index (χ1v) is 7.24. The van der Waals surface area contributed by atoms with Gasteiger partial charge in [0.05, 0.1) is 5.69 Å². The Morgan fingerprint density at radius 3 is 2.42 bits per heavy atom. The first-order valence-electron chi connectivity index (χ1n) is 7.24. The second kappa shape index (κ2) is 6.01. The van der Waals surface area contributed by atoms with Crippen molar-refractivity contribution in [1.82, 2.24) is 10.2 Å². The van der Waals surface area contributed by atoms with Gasteiger partial charge in [0.15, 0.2) is 5.82 Å². The van der Waals surface area contributed by atoms with Crippen molar-refractivity contribution < 1.29 is 0 Å². The van der Waals surface area contributed by atoms with Crippen LogP contribution in [0, 0.1) is 11.3 Å². The van der Waals surface area contributed by atoms with Crippen LogP contribution in [0.4, 0.5) is 5.82 Å². The van der Waals surface area contributed by atoms with Gasteiger partial charge in [-0.1, -0.05) is 26.7 Å². The van der Waals surface area contributed by atoms with E-state index in [1.807, 2.05) is 7.05 Å². The average molecular weight is 258 g/mol. The molecule has 1 saturated carbocycles. The summed E-state index contributed by atoms with van der Waals surface area (Å²) < 4.78 is 0. The van der Waals surface area contributed by atoms with Crippen LogP contribution in [-0.4, -0.2) is 23.3 Å². The summed E-state index contributed by atoms with van der Waals surface area (Å²) in [5.74, 6) is 0.767. The Morgan fingerprint density at radius 2 is 1.89 bits per heavy atom. The molecule has 0 bridgehead atoms. The molecule has 1 aliphatic rings. The van der Waals surface area contributed by atoms with E-state index < -0.39 is 0 Å². The van der Waals surface area contributed by atoms with Crippen molar-refractivity contribution in [3.63, 3.8) is 0 Å². The molecule has 102 valence electrons. The fraction of sp³-hybridized carbons (Fsp3) is 0.667. The highest BCUT2D eigenvalue weighted by Gasteiger charge is 2.24. The lowest BCUT2D eigenvalue weighted by molar-refractivity contribution is 0.639. The number of hydrogen-bond donors (Lipinski definition) is 0. The Bertz CT molecular complexity index is 484. The molecule has 0 spiro atoms. The van der Waals surface area contributed by atoms with Crippen LogP contribution in [0.25, 0.3) is 0 Å². The number of rotatable bonds is 4. The molecule has 0 aromatic carbocycles. The Hall–Kier alpha value is -1.63. The first kappa shape index (κ1) is 13.8. The zero-order valence-electron chi connectivity index (χ0n) is 12.1. The molecule has 19 heavy (non-hydrogen) atoms. The Labute approximate surface area is 115 Å². The highest BCUT2D eigenvalue weighted by atomic mass is 15.3. The molecule has 1 aromatic heterocycles. The molecule has 0 saturated heterocycles. The maximum Gasteiger partial charge on any atom is 0.169 e. The minimum absolute atomic E-state index is 0.513. The van der Waals surface area contributed by atoms with Crippen LogP contribution in [0.15, 0.2) is 0 Å². The van der Waals surface area contributed by atoms with Gasteiger partial charge in [0.25, 0.3) is 0 Å². The quantitative estimate of drug-likeness (QED) is 0.833. The lowest BCUT2D eigenvalue weighted by Gasteiger charge is -2.26. The monoisotopic (exact) mass is 258 g/mol. The molecule has 0 N–H and O–H groups in total.